The van der Waals surface area contributed by atoms with Gasteiger partial charge in [-0.2, -0.15) is 0 Å². The molecule has 2 aromatic carbocycles. The molecule has 29 heavy (non-hydrogen) atoms. The molecule has 0 aliphatic carbocycles. The molecule has 7 nitrogen and oxygen atoms in total. The minimum Gasteiger partial charge on any atom is -0.494 e. The number of aromatic nitrogens is 2. The molecule has 0 bridgehead atoms. The Kier molecular flexibility index (Phi) is 5.09. The Labute approximate surface area is 171 Å². The van der Waals surface area contributed by atoms with Gasteiger partial charge in [-0.05, 0) is 37.6 Å². The van der Waals surface area contributed by atoms with E-state index in [2.05, 4.69) is 22.2 Å². The third kappa shape index (κ3) is 3.74. The van der Waals surface area contributed by atoms with Gasteiger partial charge in [0.1, 0.15) is 22.7 Å². The second-order valence-corrected chi connectivity index (χ2v) is 7.53. The van der Waals surface area contributed by atoms with Gasteiger partial charge >= 0.3 is 0 Å². The van der Waals surface area contributed by atoms with Gasteiger partial charge in [-0.3, -0.25) is 10.1 Å². The highest BCUT2D eigenvalue weighted by atomic mass is 32.1. The van der Waals surface area contributed by atoms with E-state index in [4.69, 9.17) is 4.74 Å². The van der Waals surface area contributed by atoms with E-state index in [0.717, 1.165) is 32.0 Å². The van der Waals surface area contributed by atoms with E-state index in [-0.39, 0.29) is 5.69 Å². The monoisotopic (exact) mass is 406 g/mol. The Morgan fingerprint density at radius 1 is 1.17 bits per heavy atom. The van der Waals surface area contributed by atoms with E-state index in [9.17, 15) is 10.1 Å². The van der Waals surface area contributed by atoms with E-state index >= 15 is 0 Å². The van der Waals surface area contributed by atoms with Crippen molar-refractivity contribution in [1.82, 2.24) is 9.97 Å². The second-order valence-electron chi connectivity index (χ2n) is 6.33. The third-order valence-electron chi connectivity index (χ3n) is 4.44. The smallest absolute Gasteiger partial charge is 0.271 e. The number of anilines is 2. The molecule has 2 heterocycles. The summed E-state index contributed by atoms with van der Waals surface area (Å²) in [6.45, 7) is 4.62. The number of benzene rings is 2. The lowest BCUT2D eigenvalue weighted by molar-refractivity contribution is -0.384. The van der Waals surface area contributed by atoms with Crippen molar-refractivity contribution in [2.45, 2.75) is 13.8 Å². The molecule has 4 rings (SSSR count). The minimum absolute atomic E-state index is 0.0218. The number of nitrogens with one attached hydrogen (secondary N) is 1. The fraction of sp³-hybridized carbons (Fsp3) is 0.143. The molecular formula is C21H18N4O3S. The number of hydrogen-bond donors (Lipinski definition) is 1. The Bertz CT molecular complexity index is 1190. The Hall–Kier alpha value is -3.52. The second kappa shape index (κ2) is 7.84. The lowest BCUT2D eigenvalue weighted by Crippen LogP contribution is -1.97. The number of nitrogens with zero attached hydrogens (tertiary/aromatic N) is 3. The lowest BCUT2D eigenvalue weighted by Gasteiger charge is -2.10. The highest BCUT2D eigenvalue weighted by Gasteiger charge is 2.17. The van der Waals surface area contributed by atoms with Crippen LogP contribution < -0.4 is 10.1 Å². The molecule has 0 atom stereocenters. The van der Waals surface area contributed by atoms with Crippen LogP contribution in [0.3, 0.4) is 0 Å². The number of hydrogen-bond acceptors (Lipinski definition) is 7. The molecule has 2 aromatic heterocycles. The summed E-state index contributed by atoms with van der Waals surface area (Å²) in [5, 5.41) is 15.2. The first-order valence-corrected chi connectivity index (χ1v) is 9.87. The van der Waals surface area contributed by atoms with E-state index in [1.54, 1.807) is 23.5 Å². The van der Waals surface area contributed by atoms with E-state index in [1.807, 2.05) is 31.2 Å². The van der Waals surface area contributed by atoms with Crippen LogP contribution in [-0.4, -0.2) is 21.5 Å². The van der Waals surface area contributed by atoms with Crippen LogP contribution in [0.15, 0.2) is 54.9 Å². The molecule has 0 radical (unpaired) electrons. The molecule has 4 aromatic rings. The Morgan fingerprint density at radius 3 is 2.69 bits per heavy atom. The highest BCUT2D eigenvalue weighted by molar-refractivity contribution is 7.19. The van der Waals surface area contributed by atoms with Crippen molar-refractivity contribution in [1.29, 1.82) is 0 Å². The van der Waals surface area contributed by atoms with E-state index in [1.165, 1.54) is 18.5 Å². The van der Waals surface area contributed by atoms with Crippen LogP contribution in [0.4, 0.5) is 17.2 Å². The average molecular weight is 406 g/mol. The van der Waals surface area contributed by atoms with Gasteiger partial charge in [-0.15, -0.1) is 11.3 Å². The number of aryl methyl sites for hydroxylation is 1. The van der Waals surface area contributed by atoms with Crippen LogP contribution in [0, 0.1) is 17.0 Å². The van der Waals surface area contributed by atoms with Crippen LogP contribution in [0.1, 0.15) is 11.8 Å². The minimum atomic E-state index is -0.416. The molecule has 1 N–H and O–H groups in total. The predicted molar refractivity (Wildman–Crippen MR) is 115 cm³/mol. The van der Waals surface area contributed by atoms with Crippen molar-refractivity contribution in [2.75, 3.05) is 11.9 Å². The number of rotatable bonds is 6. The fourth-order valence-electron chi connectivity index (χ4n) is 3.21. The van der Waals surface area contributed by atoms with Gasteiger partial charge < -0.3 is 10.1 Å². The van der Waals surface area contributed by atoms with Crippen molar-refractivity contribution in [3.8, 4) is 16.9 Å². The molecule has 8 heteroatoms. The van der Waals surface area contributed by atoms with Crippen LogP contribution in [-0.2, 0) is 0 Å². The first-order chi connectivity index (χ1) is 14.1. The van der Waals surface area contributed by atoms with Gasteiger partial charge in [0.05, 0.1) is 16.9 Å². The largest absolute Gasteiger partial charge is 0.494 e. The average Bonchev–Trinajstić information content (AvgIpc) is 3.06. The molecule has 0 saturated carbocycles. The summed E-state index contributed by atoms with van der Waals surface area (Å²) in [7, 11) is 0. The van der Waals surface area contributed by atoms with Gasteiger partial charge in [0.2, 0.25) is 0 Å². The van der Waals surface area contributed by atoms with Gasteiger partial charge in [0.15, 0.2) is 0 Å². The van der Waals surface area contributed by atoms with Crippen molar-refractivity contribution in [3.05, 3.63) is 69.8 Å². The molecule has 0 aliphatic rings. The normalized spacial score (nSPS) is 10.8. The molecule has 0 fully saturated rings. The molecule has 0 unspecified atom stereocenters. The van der Waals surface area contributed by atoms with E-state index < -0.39 is 4.92 Å². The molecule has 0 amide bonds. The number of fused-ring (bicyclic) bond motifs is 1. The summed E-state index contributed by atoms with van der Waals surface area (Å²) >= 11 is 1.59. The van der Waals surface area contributed by atoms with Gasteiger partial charge in [0, 0.05) is 28.3 Å². The maximum atomic E-state index is 11.1. The van der Waals surface area contributed by atoms with Crippen molar-refractivity contribution in [3.63, 3.8) is 0 Å². The maximum Gasteiger partial charge on any atom is 0.271 e. The Balaban J connectivity index is 1.80. The van der Waals surface area contributed by atoms with Crippen molar-refractivity contribution >= 4 is 38.7 Å². The topological polar surface area (TPSA) is 90.2 Å². The summed E-state index contributed by atoms with van der Waals surface area (Å²) in [6, 6.07) is 14.3. The Morgan fingerprint density at radius 2 is 1.97 bits per heavy atom. The maximum absolute atomic E-state index is 11.1. The van der Waals surface area contributed by atoms with E-state index in [0.29, 0.717) is 18.1 Å². The van der Waals surface area contributed by atoms with Gasteiger partial charge in [-0.1, -0.05) is 18.2 Å². The summed E-state index contributed by atoms with van der Waals surface area (Å²) < 4.78 is 5.54. The molecule has 0 saturated heterocycles. The zero-order valence-corrected chi connectivity index (χ0v) is 16.7. The van der Waals surface area contributed by atoms with Crippen molar-refractivity contribution in [2.24, 2.45) is 0 Å². The number of ether oxygens (including phenoxy) is 1. The highest BCUT2D eigenvalue weighted by Crippen LogP contribution is 2.41. The standard InChI is InChI=1S/C21H18N4O3S/c1-3-28-17-9-7-14(8-10-17)18-13(2)29-21-19(18)20(22-12-23-21)24-15-5-4-6-16(11-15)25(26)27/h4-12H,3H2,1-2H3,(H,22,23,24). The van der Waals surface area contributed by atoms with Gasteiger partial charge in [-0.25, -0.2) is 9.97 Å². The van der Waals surface area contributed by atoms with Crippen molar-refractivity contribution < 1.29 is 9.66 Å². The lowest BCUT2D eigenvalue weighted by atomic mass is 10.0. The number of non-ortho nitro benzene ring substituents is 1. The summed E-state index contributed by atoms with van der Waals surface area (Å²) in [4.78, 5) is 21.5. The summed E-state index contributed by atoms with van der Waals surface area (Å²) in [5.74, 6) is 1.43. The molecule has 0 aliphatic heterocycles. The molecule has 0 spiro atoms. The van der Waals surface area contributed by atoms with Crippen LogP contribution in [0.5, 0.6) is 5.75 Å². The number of thiophene rings is 1. The zero-order chi connectivity index (χ0) is 20.4. The first kappa shape index (κ1) is 18.8. The summed E-state index contributed by atoms with van der Waals surface area (Å²) in [6.07, 6.45) is 1.50. The zero-order valence-electron chi connectivity index (χ0n) is 15.9. The van der Waals surface area contributed by atoms with Crippen LogP contribution in [0.25, 0.3) is 21.3 Å². The van der Waals surface area contributed by atoms with Crippen LogP contribution >= 0.6 is 11.3 Å². The first-order valence-electron chi connectivity index (χ1n) is 9.05. The fourth-order valence-corrected chi connectivity index (χ4v) is 4.22. The summed E-state index contributed by atoms with van der Waals surface area (Å²) in [5.41, 5.74) is 2.70. The predicted octanol–water partition coefficient (Wildman–Crippen LogP) is 5.72. The van der Waals surface area contributed by atoms with Crippen LogP contribution in [0.2, 0.25) is 0 Å². The quantitative estimate of drug-likeness (QED) is 0.325. The number of nitro benzene ring substituents is 1. The number of nitro groups is 1. The molecular weight excluding hydrogens is 388 g/mol. The third-order valence-corrected chi connectivity index (χ3v) is 5.45. The SMILES string of the molecule is CCOc1ccc(-c2c(C)sc3ncnc(Nc4cccc([N+](=O)[O-])c4)c23)cc1. The molecule has 146 valence electrons. The van der Waals surface area contributed by atoms with Gasteiger partial charge in [0.25, 0.3) is 5.69 Å².